The van der Waals surface area contributed by atoms with Crippen molar-refractivity contribution in [2.24, 2.45) is 0 Å². The van der Waals surface area contributed by atoms with Crippen LogP contribution in [0.5, 0.6) is 0 Å². The summed E-state index contributed by atoms with van der Waals surface area (Å²) >= 11 is 0. The quantitative estimate of drug-likeness (QED) is 0.664. The van der Waals surface area contributed by atoms with Gasteiger partial charge in [0.05, 0.1) is 26.4 Å². The first-order valence-electron chi connectivity index (χ1n) is 9.01. The van der Waals surface area contributed by atoms with Crippen LogP contribution in [0.15, 0.2) is 24.3 Å². The summed E-state index contributed by atoms with van der Waals surface area (Å²) in [7, 11) is 0. The van der Waals surface area contributed by atoms with E-state index < -0.39 is 49.5 Å². The summed E-state index contributed by atoms with van der Waals surface area (Å²) in [5.74, 6) is -1.96. The molecule has 0 aromatic heterocycles. The number of rotatable bonds is 2. The molecule has 2 saturated heterocycles. The second-order valence-corrected chi connectivity index (χ2v) is 6.84. The molecular formula is C18H18F6N2O4. The van der Waals surface area contributed by atoms with Gasteiger partial charge in [-0.25, -0.2) is 0 Å². The lowest BCUT2D eigenvalue weighted by atomic mass is 10.1. The molecule has 2 unspecified atom stereocenters. The zero-order valence-electron chi connectivity index (χ0n) is 15.5. The van der Waals surface area contributed by atoms with Crippen LogP contribution in [0.2, 0.25) is 0 Å². The summed E-state index contributed by atoms with van der Waals surface area (Å²) in [6, 6.07) is 0.382. The maximum Gasteiger partial charge on any atom is 0.411 e. The van der Waals surface area contributed by atoms with Crippen LogP contribution < -0.4 is 0 Å². The van der Waals surface area contributed by atoms with Gasteiger partial charge in [-0.1, -0.05) is 6.07 Å². The molecular weight excluding hydrogens is 422 g/mol. The van der Waals surface area contributed by atoms with Crippen LogP contribution in [-0.2, 0) is 9.47 Å². The fourth-order valence-corrected chi connectivity index (χ4v) is 3.35. The van der Waals surface area contributed by atoms with Crippen LogP contribution in [0.1, 0.15) is 20.7 Å². The summed E-state index contributed by atoms with van der Waals surface area (Å²) in [5, 5.41) is 0. The van der Waals surface area contributed by atoms with Gasteiger partial charge in [0.1, 0.15) is 0 Å². The van der Waals surface area contributed by atoms with Gasteiger partial charge >= 0.3 is 12.4 Å². The van der Waals surface area contributed by atoms with Crippen LogP contribution >= 0.6 is 0 Å². The van der Waals surface area contributed by atoms with Crippen LogP contribution in [0.25, 0.3) is 0 Å². The SMILES string of the molecule is O=C(c1cccc(C(=O)N2CCOCC2C(F)(F)F)c1)N1CCOCC1C(F)(F)F. The molecule has 2 aliphatic rings. The number of alkyl halides is 6. The van der Waals surface area contributed by atoms with Crippen molar-refractivity contribution in [2.75, 3.05) is 39.5 Å². The molecule has 12 heteroatoms. The van der Waals surface area contributed by atoms with Gasteiger partial charge in [0, 0.05) is 24.2 Å². The first-order chi connectivity index (χ1) is 14.0. The van der Waals surface area contributed by atoms with Crippen molar-refractivity contribution in [2.45, 2.75) is 24.4 Å². The van der Waals surface area contributed by atoms with Gasteiger partial charge in [0.25, 0.3) is 11.8 Å². The number of morpholine rings is 2. The molecule has 0 radical (unpaired) electrons. The maximum atomic E-state index is 13.2. The van der Waals surface area contributed by atoms with Crippen LogP contribution in [-0.4, -0.2) is 85.6 Å². The van der Waals surface area contributed by atoms with Gasteiger partial charge in [0.2, 0.25) is 0 Å². The minimum absolute atomic E-state index is 0.0853. The van der Waals surface area contributed by atoms with E-state index in [9.17, 15) is 35.9 Å². The lowest BCUT2D eigenvalue weighted by Gasteiger charge is -2.37. The Morgan fingerprint density at radius 1 is 0.800 bits per heavy atom. The van der Waals surface area contributed by atoms with Crippen LogP contribution in [0, 0.1) is 0 Å². The third kappa shape index (κ3) is 4.69. The van der Waals surface area contributed by atoms with Crippen LogP contribution in [0.3, 0.4) is 0 Å². The lowest BCUT2D eigenvalue weighted by Crippen LogP contribution is -2.56. The Morgan fingerprint density at radius 2 is 1.20 bits per heavy atom. The van der Waals surface area contributed by atoms with Crippen molar-refractivity contribution >= 4 is 11.8 Å². The number of carbonyl (C=O) groups excluding carboxylic acids is 2. The first-order valence-corrected chi connectivity index (χ1v) is 9.01. The van der Waals surface area contributed by atoms with E-state index in [4.69, 9.17) is 9.47 Å². The molecule has 2 amide bonds. The molecule has 3 rings (SSSR count). The summed E-state index contributed by atoms with van der Waals surface area (Å²) in [4.78, 5) is 26.5. The molecule has 1 aromatic rings. The predicted octanol–water partition coefficient (Wildman–Crippen LogP) is 2.49. The molecule has 2 atom stereocenters. The largest absolute Gasteiger partial charge is 0.411 e. The molecule has 0 spiro atoms. The molecule has 2 aliphatic heterocycles. The van der Waals surface area contributed by atoms with Crippen molar-refractivity contribution in [3.8, 4) is 0 Å². The average molecular weight is 440 g/mol. The number of ether oxygens (including phenoxy) is 2. The Balaban J connectivity index is 1.85. The van der Waals surface area contributed by atoms with Crippen molar-refractivity contribution in [3.05, 3.63) is 35.4 Å². The molecule has 6 nitrogen and oxygen atoms in total. The van der Waals surface area contributed by atoms with E-state index in [0.717, 1.165) is 6.07 Å². The Kier molecular flexibility index (Phi) is 6.27. The van der Waals surface area contributed by atoms with Crippen molar-refractivity contribution < 1.29 is 45.4 Å². The molecule has 0 saturated carbocycles. The number of carbonyl (C=O) groups is 2. The molecule has 30 heavy (non-hydrogen) atoms. The normalized spacial score (nSPS) is 23.4. The molecule has 2 fully saturated rings. The van der Waals surface area contributed by atoms with Crippen molar-refractivity contribution in [1.29, 1.82) is 0 Å². The number of hydrogen-bond donors (Lipinski definition) is 0. The third-order valence-corrected chi connectivity index (χ3v) is 4.89. The van der Waals surface area contributed by atoms with E-state index in [-0.39, 0.29) is 37.4 Å². The number of amides is 2. The summed E-state index contributed by atoms with van der Waals surface area (Å²) in [6.07, 6.45) is -9.42. The molecule has 0 aliphatic carbocycles. The summed E-state index contributed by atoms with van der Waals surface area (Å²) in [5.41, 5.74) is -0.456. The smallest absolute Gasteiger partial charge is 0.377 e. The van der Waals surface area contributed by atoms with Gasteiger partial charge < -0.3 is 19.3 Å². The van der Waals surface area contributed by atoms with Gasteiger partial charge in [-0.05, 0) is 18.2 Å². The predicted molar refractivity (Wildman–Crippen MR) is 89.8 cm³/mol. The van der Waals surface area contributed by atoms with Crippen molar-refractivity contribution in [3.63, 3.8) is 0 Å². The topological polar surface area (TPSA) is 59.1 Å². The van der Waals surface area contributed by atoms with E-state index in [1.165, 1.54) is 18.2 Å². The average Bonchev–Trinajstić information content (AvgIpc) is 2.71. The van der Waals surface area contributed by atoms with Gasteiger partial charge in [0.15, 0.2) is 12.1 Å². The molecule has 1 aromatic carbocycles. The second-order valence-electron chi connectivity index (χ2n) is 6.84. The molecule has 0 N–H and O–H groups in total. The molecule has 0 bridgehead atoms. The van der Waals surface area contributed by atoms with Gasteiger partial charge in [-0.2, -0.15) is 26.3 Å². The van der Waals surface area contributed by atoms with E-state index in [0.29, 0.717) is 9.80 Å². The number of benzene rings is 1. The monoisotopic (exact) mass is 440 g/mol. The Labute approximate surface area is 167 Å². The highest BCUT2D eigenvalue weighted by atomic mass is 19.4. The maximum absolute atomic E-state index is 13.2. The lowest BCUT2D eigenvalue weighted by molar-refractivity contribution is -0.202. The second kappa shape index (κ2) is 8.42. The summed E-state index contributed by atoms with van der Waals surface area (Å²) in [6.45, 7) is -2.21. The Morgan fingerprint density at radius 3 is 1.57 bits per heavy atom. The highest BCUT2D eigenvalue weighted by Gasteiger charge is 2.48. The highest BCUT2D eigenvalue weighted by Crippen LogP contribution is 2.30. The zero-order valence-corrected chi connectivity index (χ0v) is 15.5. The number of nitrogens with zero attached hydrogens (tertiary/aromatic N) is 2. The van der Waals surface area contributed by atoms with E-state index >= 15 is 0 Å². The van der Waals surface area contributed by atoms with Crippen molar-refractivity contribution in [1.82, 2.24) is 9.80 Å². The number of hydrogen-bond acceptors (Lipinski definition) is 4. The first kappa shape index (κ1) is 22.3. The van der Waals surface area contributed by atoms with Gasteiger partial charge in [-0.3, -0.25) is 9.59 Å². The fourth-order valence-electron chi connectivity index (χ4n) is 3.35. The standard InChI is InChI=1S/C18H18F6N2O4/c19-17(20,21)13-9-29-6-4-25(13)15(27)11-2-1-3-12(8-11)16(28)26-5-7-30-10-14(26)18(22,23)24/h1-3,8,13-14H,4-7,9-10H2. The summed E-state index contributed by atoms with van der Waals surface area (Å²) < 4.78 is 89.0. The van der Waals surface area contributed by atoms with Gasteiger partial charge in [-0.15, -0.1) is 0 Å². The minimum Gasteiger partial charge on any atom is -0.377 e. The van der Waals surface area contributed by atoms with E-state index in [2.05, 4.69) is 0 Å². The minimum atomic E-state index is -4.71. The van der Waals surface area contributed by atoms with Crippen LogP contribution in [0.4, 0.5) is 26.3 Å². The van der Waals surface area contributed by atoms with E-state index in [1.54, 1.807) is 0 Å². The molecule has 2 heterocycles. The Hall–Kier alpha value is -2.34. The zero-order chi connectivity index (χ0) is 22.1. The Bertz CT molecular complexity index is 736. The third-order valence-electron chi connectivity index (χ3n) is 4.89. The highest BCUT2D eigenvalue weighted by molar-refractivity contribution is 6.00. The number of halogens is 6. The molecule has 166 valence electrons. The fraction of sp³-hybridized carbons (Fsp3) is 0.556. The van der Waals surface area contributed by atoms with E-state index in [1.807, 2.05) is 0 Å².